The molecule has 0 aromatic heterocycles. The molecule has 6 heteroatoms. The van der Waals surface area contributed by atoms with E-state index in [2.05, 4.69) is 0 Å². The summed E-state index contributed by atoms with van der Waals surface area (Å²) in [5.74, 6) is -1.42. The maximum absolute atomic E-state index is 11.9. The fourth-order valence-electron chi connectivity index (χ4n) is 1.96. The van der Waals surface area contributed by atoms with Crippen LogP contribution in [-0.2, 0) is 16.5 Å². The molecule has 0 atom stereocenters. The molecule has 0 fully saturated rings. The number of hydrogen-bond donors (Lipinski definition) is 1. The molecule has 0 saturated heterocycles. The lowest BCUT2D eigenvalue weighted by Gasteiger charge is -2.15. The van der Waals surface area contributed by atoms with Gasteiger partial charge in [0.15, 0.2) is 5.78 Å². The average Bonchev–Trinajstić information content (AvgIpc) is 2.31. The van der Waals surface area contributed by atoms with Crippen LogP contribution < -0.4 is 0 Å². The van der Waals surface area contributed by atoms with Crippen LogP contribution in [0.3, 0.4) is 0 Å². The van der Waals surface area contributed by atoms with Crippen molar-refractivity contribution in [2.24, 2.45) is 0 Å². The maximum Gasteiger partial charge on any atom is 0.298 e. The highest BCUT2D eigenvalue weighted by atomic mass is 32.2. The van der Waals surface area contributed by atoms with Crippen LogP contribution in [0.15, 0.2) is 29.2 Å². The Morgan fingerprint density at radius 3 is 2.44 bits per heavy atom. The van der Waals surface area contributed by atoms with Crippen LogP contribution in [0, 0.1) is 0 Å². The quantitative estimate of drug-likeness (QED) is 0.817. The zero-order chi connectivity index (χ0) is 13.5. The van der Waals surface area contributed by atoms with Gasteiger partial charge in [0.05, 0.1) is 0 Å². The van der Waals surface area contributed by atoms with E-state index in [1.807, 2.05) is 6.92 Å². The highest BCUT2D eigenvalue weighted by Crippen LogP contribution is 2.26. The van der Waals surface area contributed by atoms with Gasteiger partial charge in [-0.3, -0.25) is 14.1 Å². The van der Waals surface area contributed by atoms with Crippen molar-refractivity contribution >= 4 is 21.7 Å². The average molecular weight is 266 g/mol. The normalized spacial score (nSPS) is 15.3. The Morgan fingerprint density at radius 2 is 1.89 bits per heavy atom. The van der Waals surface area contributed by atoms with E-state index in [9.17, 15) is 18.0 Å². The Hall–Kier alpha value is -1.79. The monoisotopic (exact) mass is 266 g/mol. The highest BCUT2D eigenvalue weighted by molar-refractivity contribution is 7.91. The minimum absolute atomic E-state index is 0.0227. The van der Waals surface area contributed by atoms with Crippen LogP contribution in [0.1, 0.15) is 33.2 Å². The first-order valence-electron chi connectivity index (χ1n) is 5.26. The molecule has 94 valence electrons. The third-order valence-corrected chi connectivity index (χ3v) is 3.65. The molecule has 0 amide bonds. The summed E-state index contributed by atoms with van der Waals surface area (Å²) in [6, 6.07) is 4.67. The Bertz CT molecular complexity index is 682. The van der Waals surface area contributed by atoms with Gasteiger partial charge < -0.3 is 0 Å². The Labute approximate surface area is 104 Å². The van der Waals surface area contributed by atoms with Crippen LogP contribution in [-0.4, -0.2) is 24.5 Å². The molecular formula is C12H10O5S. The van der Waals surface area contributed by atoms with Crippen molar-refractivity contribution in [3.63, 3.8) is 0 Å². The molecule has 0 saturated carbocycles. The smallest absolute Gasteiger partial charge is 0.289 e. The molecule has 1 aromatic carbocycles. The molecule has 0 bridgehead atoms. The number of aryl methyl sites for hydroxylation is 1. The van der Waals surface area contributed by atoms with E-state index in [1.165, 1.54) is 6.07 Å². The largest absolute Gasteiger partial charge is 0.298 e. The summed E-state index contributed by atoms with van der Waals surface area (Å²) in [4.78, 5) is 22.9. The van der Waals surface area contributed by atoms with Gasteiger partial charge in [-0.25, -0.2) is 0 Å². The maximum atomic E-state index is 11.9. The number of hydrogen-bond acceptors (Lipinski definition) is 4. The summed E-state index contributed by atoms with van der Waals surface area (Å²) in [5.41, 5.74) is 0.920. The molecule has 2 rings (SSSR count). The molecule has 18 heavy (non-hydrogen) atoms. The molecule has 0 spiro atoms. The fraction of sp³-hybridized carbons (Fsp3) is 0.167. The number of ketones is 2. The first kappa shape index (κ1) is 12.7. The van der Waals surface area contributed by atoms with Crippen LogP contribution in [0.4, 0.5) is 0 Å². The van der Waals surface area contributed by atoms with Gasteiger partial charge in [-0.15, -0.1) is 0 Å². The molecule has 1 aliphatic rings. The SMILES string of the molecule is CCc1cccc2c1C(=O)C=C(S(=O)(=O)O)C2=O. The van der Waals surface area contributed by atoms with Crippen LogP contribution in [0.2, 0.25) is 0 Å². The zero-order valence-corrected chi connectivity index (χ0v) is 10.3. The van der Waals surface area contributed by atoms with Crippen LogP contribution in [0.25, 0.3) is 0 Å². The van der Waals surface area contributed by atoms with E-state index in [1.54, 1.807) is 12.1 Å². The number of fused-ring (bicyclic) bond motifs is 1. The number of Topliss-reactive ketones (excluding diaryl/α,β-unsaturated/α-hetero) is 1. The molecular weight excluding hydrogens is 256 g/mol. The van der Waals surface area contributed by atoms with Gasteiger partial charge in [-0.2, -0.15) is 8.42 Å². The van der Waals surface area contributed by atoms with E-state index >= 15 is 0 Å². The minimum Gasteiger partial charge on any atom is -0.289 e. The van der Waals surface area contributed by atoms with Gasteiger partial charge in [0.25, 0.3) is 10.1 Å². The Balaban J connectivity index is 2.73. The first-order chi connectivity index (χ1) is 8.36. The van der Waals surface area contributed by atoms with Gasteiger partial charge in [0, 0.05) is 17.2 Å². The number of benzene rings is 1. The van der Waals surface area contributed by atoms with E-state index in [0.29, 0.717) is 18.1 Å². The van der Waals surface area contributed by atoms with Crippen molar-refractivity contribution in [2.75, 3.05) is 0 Å². The Morgan fingerprint density at radius 1 is 1.22 bits per heavy atom. The molecule has 1 N–H and O–H groups in total. The second-order valence-electron chi connectivity index (χ2n) is 3.87. The number of rotatable bonds is 2. The van der Waals surface area contributed by atoms with Crippen molar-refractivity contribution in [1.82, 2.24) is 0 Å². The van der Waals surface area contributed by atoms with Gasteiger partial charge >= 0.3 is 0 Å². The molecule has 5 nitrogen and oxygen atoms in total. The van der Waals surface area contributed by atoms with Crippen molar-refractivity contribution in [3.8, 4) is 0 Å². The second-order valence-corrected chi connectivity index (χ2v) is 5.26. The highest BCUT2D eigenvalue weighted by Gasteiger charge is 2.33. The predicted octanol–water partition coefficient (Wildman–Crippen LogP) is 1.40. The lowest BCUT2D eigenvalue weighted by Crippen LogP contribution is -2.23. The lowest BCUT2D eigenvalue weighted by atomic mass is 9.89. The predicted molar refractivity (Wildman–Crippen MR) is 64.1 cm³/mol. The molecule has 1 aromatic rings. The Kier molecular flexibility index (Phi) is 2.92. The first-order valence-corrected chi connectivity index (χ1v) is 6.70. The van der Waals surface area contributed by atoms with Gasteiger partial charge in [0.1, 0.15) is 4.91 Å². The van der Waals surface area contributed by atoms with Crippen LogP contribution >= 0.6 is 0 Å². The minimum atomic E-state index is -4.68. The third kappa shape index (κ3) is 1.89. The number of allylic oxidation sites excluding steroid dienone is 2. The van der Waals surface area contributed by atoms with Gasteiger partial charge in [-0.05, 0) is 12.0 Å². The van der Waals surface area contributed by atoms with E-state index in [0.717, 1.165) is 0 Å². The van der Waals surface area contributed by atoms with Crippen molar-refractivity contribution in [3.05, 3.63) is 45.9 Å². The van der Waals surface area contributed by atoms with Gasteiger partial charge in [0.2, 0.25) is 5.78 Å². The van der Waals surface area contributed by atoms with Crippen molar-refractivity contribution in [1.29, 1.82) is 0 Å². The van der Waals surface area contributed by atoms with Gasteiger partial charge in [-0.1, -0.05) is 25.1 Å². The van der Waals surface area contributed by atoms with E-state index < -0.39 is 26.6 Å². The topological polar surface area (TPSA) is 88.5 Å². The zero-order valence-electron chi connectivity index (χ0n) is 9.50. The fourth-order valence-corrected chi connectivity index (χ4v) is 2.56. The molecule has 0 aliphatic heterocycles. The summed E-state index contributed by atoms with van der Waals surface area (Å²) >= 11 is 0. The summed E-state index contributed by atoms with van der Waals surface area (Å²) < 4.78 is 31.0. The standard InChI is InChI=1S/C12H10O5S/c1-2-7-4-3-5-8-11(7)9(13)6-10(12(8)14)18(15,16)17/h3-6H,2H2,1H3,(H,15,16,17). The van der Waals surface area contributed by atoms with E-state index in [-0.39, 0.29) is 11.1 Å². The number of carbonyl (C=O) groups is 2. The molecule has 0 unspecified atom stereocenters. The van der Waals surface area contributed by atoms with Crippen molar-refractivity contribution < 1.29 is 22.6 Å². The van der Waals surface area contributed by atoms with E-state index in [4.69, 9.17) is 4.55 Å². The van der Waals surface area contributed by atoms with Crippen molar-refractivity contribution in [2.45, 2.75) is 13.3 Å². The van der Waals surface area contributed by atoms with Crippen LogP contribution in [0.5, 0.6) is 0 Å². The summed E-state index contributed by atoms with van der Waals surface area (Å²) in [7, 11) is -4.68. The summed E-state index contributed by atoms with van der Waals surface area (Å²) in [5, 5.41) is 0. The number of carbonyl (C=O) groups excluding carboxylic acids is 2. The lowest BCUT2D eigenvalue weighted by molar-refractivity contribution is 0.0988. The third-order valence-electron chi connectivity index (χ3n) is 2.79. The summed E-state index contributed by atoms with van der Waals surface area (Å²) in [6.45, 7) is 1.83. The second kappa shape index (κ2) is 4.15. The molecule has 1 aliphatic carbocycles. The summed E-state index contributed by atoms with van der Waals surface area (Å²) in [6.07, 6.45) is 1.23. The molecule has 0 heterocycles. The molecule has 0 radical (unpaired) electrons.